The van der Waals surface area contributed by atoms with Crippen LogP contribution in [-0.2, 0) is 9.22 Å². The molecule has 6 heteroatoms. The fraction of sp³-hybridized carbons (Fsp3) is 0.929. The number of hydrogen-bond acceptors (Lipinski definition) is 6. The number of nitrogens with zero attached hydrogens (tertiary/aromatic N) is 1. The Labute approximate surface area is 212 Å². The molecule has 34 heavy (non-hydrogen) atoms. The summed E-state index contributed by atoms with van der Waals surface area (Å²) in [6, 6.07) is 0. The SMILES string of the molecule is C[C@H](CCCC(C)(C)O)C1CCC2C3CC=C4CC(OOSN(C)O)CCC4(C)C3CCC21C. The predicted octanol–water partition coefficient (Wildman–Crippen LogP) is 7.34. The molecule has 7 unspecified atom stereocenters. The van der Waals surface area contributed by atoms with Gasteiger partial charge in [0.25, 0.3) is 0 Å². The Balaban J connectivity index is 1.40. The molecule has 4 aliphatic carbocycles. The van der Waals surface area contributed by atoms with Gasteiger partial charge in [0, 0.05) is 7.05 Å². The Bertz CT molecular complexity index is 736. The Morgan fingerprint density at radius 2 is 1.94 bits per heavy atom. The van der Waals surface area contributed by atoms with Crippen LogP contribution in [0.1, 0.15) is 105 Å². The third kappa shape index (κ3) is 5.43. The van der Waals surface area contributed by atoms with E-state index < -0.39 is 5.60 Å². The van der Waals surface area contributed by atoms with Crippen LogP contribution < -0.4 is 0 Å². The summed E-state index contributed by atoms with van der Waals surface area (Å²) in [6.45, 7) is 11.5. The fourth-order valence-electron chi connectivity index (χ4n) is 8.86. The normalized spacial score (nSPS) is 41.0. The van der Waals surface area contributed by atoms with Crippen LogP contribution in [-0.4, -0.2) is 33.5 Å². The lowest BCUT2D eigenvalue weighted by molar-refractivity contribution is -0.245. The van der Waals surface area contributed by atoms with Crippen molar-refractivity contribution in [2.45, 2.75) is 117 Å². The van der Waals surface area contributed by atoms with Crippen LogP contribution in [0.4, 0.5) is 0 Å². The largest absolute Gasteiger partial charge is 0.390 e. The first-order valence-corrected chi connectivity index (χ1v) is 14.5. The summed E-state index contributed by atoms with van der Waals surface area (Å²) in [4.78, 5) is 5.61. The first-order valence-electron chi connectivity index (χ1n) is 13.8. The molecular weight excluding hydrogens is 446 g/mol. The van der Waals surface area contributed by atoms with E-state index in [2.05, 4.69) is 26.8 Å². The van der Waals surface area contributed by atoms with Gasteiger partial charge in [-0.05, 0) is 112 Å². The third-order valence-electron chi connectivity index (χ3n) is 10.6. The van der Waals surface area contributed by atoms with Crippen LogP contribution in [0.5, 0.6) is 0 Å². The molecule has 0 aliphatic heterocycles. The molecule has 0 saturated heterocycles. The molecule has 0 radical (unpaired) electrons. The molecule has 0 aromatic rings. The maximum atomic E-state index is 10.1. The van der Waals surface area contributed by atoms with E-state index in [-0.39, 0.29) is 6.10 Å². The van der Waals surface area contributed by atoms with Gasteiger partial charge in [0.1, 0.15) is 12.2 Å². The van der Waals surface area contributed by atoms with E-state index in [1.807, 2.05) is 13.8 Å². The zero-order valence-corrected chi connectivity index (χ0v) is 23.2. The predicted molar refractivity (Wildman–Crippen MR) is 138 cm³/mol. The third-order valence-corrected chi connectivity index (χ3v) is 10.9. The van der Waals surface area contributed by atoms with Crippen molar-refractivity contribution >= 4 is 12.2 Å². The van der Waals surface area contributed by atoms with Gasteiger partial charge in [-0.3, -0.25) is 0 Å². The van der Waals surface area contributed by atoms with Crippen molar-refractivity contribution in [3.63, 3.8) is 0 Å². The fourth-order valence-corrected chi connectivity index (χ4v) is 9.09. The lowest BCUT2D eigenvalue weighted by Crippen LogP contribution is -2.51. The Kier molecular flexibility index (Phi) is 8.19. The molecule has 0 aromatic heterocycles. The highest BCUT2D eigenvalue weighted by Gasteiger charge is 2.59. The molecule has 0 spiro atoms. The van der Waals surface area contributed by atoms with Gasteiger partial charge in [0.05, 0.1) is 11.7 Å². The molecule has 5 nitrogen and oxygen atoms in total. The number of fused-ring (bicyclic) bond motifs is 5. The Hall–Kier alpha value is -0.110. The van der Waals surface area contributed by atoms with Crippen LogP contribution in [0.25, 0.3) is 0 Å². The van der Waals surface area contributed by atoms with Gasteiger partial charge in [-0.1, -0.05) is 45.3 Å². The van der Waals surface area contributed by atoms with Crippen molar-refractivity contribution in [1.29, 1.82) is 0 Å². The van der Waals surface area contributed by atoms with Crippen LogP contribution in [0.15, 0.2) is 11.6 Å². The van der Waals surface area contributed by atoms with E-state index in [1.165, 1.54) is 52.0 Å². The van der Waals surface area contributed by atoms with Gasteiger partial charge in [0.15, 0.2) is 0 Å². The minimum atomic E-state index is -0.536. The van der Waals surface area contributed by atoms with Crippen molar-refractivity contribution in [2.75, 3.05) is 7.05 Å². The minimum absolute atomic E-state index is 0.0813. The van der Waals surface area contributed by atoms with E-state index >= 15 is 0 Å². The smallest absolute Gasteiger partial charge is 0.146 e. The average Bonchev–Trinajstić information content (AvgIpc) is 3.10. The molecule has 2 N–H and O–H groups in total. The summed E-state index contributed by atoms with van der Waals surface area (Å²) in [5.41, 5.74) is 1.85. The van der Waals surface area contributed by atoms with Crippen LogP contribution in [0.2, 0.25) is 0 Å². The minimum Gasteiger partial charge on any atom is -0.390 e. The molecule has 0 bridgehead atoms. The van der Waals surface area contributed by atoms with E-state index in [0.29, 0.717) is 10.8 Å². The molecular formula is C28H49NO4S. The maximum Gasteiger partial charge on any atom is 0.146 e. The van der Waals surface area contributed by atoms with Crippen molar-refractivity contribution in [2.24, 2.45) is 40.4 Å². The second-order valence-electron chi connectivity index (χ2n) is 13.2. The molecule has 3 fully saturated rings. The lowest BCUT2D eigenvalue weighted by atomic mass is 9.47. The first-order chi connectivity index (χ1) is 15.9. The second kappa shape index (κ2) is 10.3. The van der Waals surface area contributed by atoms with Gasteiger partial charge < -0.3 is 10.3 Å². The van der Waals surface area contributed by atoms with Crippen molar-refractivity contribution in [1.82, 2.24) is 4.47 Å². The quantitative estimate of drug-likeness (QED) is 0.115. The number of hydrogen-bond donors (Lipinski definition) is 2. The van der Waals surface area contributed by atoms with Gasteiger partial charge in [-0.25, -0.2) is 4.89 Å². The molecule has 0 heterocycles. The zero-order valence-electron chi connectivity index (χ0n) is 22.4. The molecule has 0 aromatic carbocycles. The van der Waals surface area contributed by atoms with E-state index in [9.17, 15) is 10.3 Å². The number of hydroxylamine groups is 1. The summed E-state index contributed by atoms with van der Waals surface area (Å²) >= 11 is 0.825. The summed E-state index contributed by atoms with van der Waals surface area (Å²) < 4.78 is 6.07. The number of allylic oxidation sites excluding steroid dienone is 1. The monoisotopic (exact) mass is 495 g/mol. The molecule has 3 saturated carbocycles. The molecule has 0 amide bonds. The van der Waals surface area contributed by atoms with Crippen LogP contribution in [0.3, 0.4) is 0 Å². The Morgan fingerprint density at radius 3 is 2.65 bits per heavy atom. The standard InChI is InChI=1S/C28H49NO4S/c1-19(8-7-15-26(2,3)30)23-11-12-24-22-10-9-20-18-21(32-33-34-29(6)31)13-16-27(20,4)25(22)14-17-28(23,24)5/h9,19,21-25,30-31H,7-8,10-18H2,1-6H3/t19-,21?,22?,23?,24?,25?,27?,28?/m1/s1. The number of rotatable bonds is 9. The van der Waals surface area contributed by atoms with Gasteiger partial charge >= 0.3 is 0 Å². The van der Waals surface area contributed by atoms with Crippen molar-refractivity contribution in [3.8, 4) is 0 Å². The highest BCUT2D eigenvalue weighted by atomic mass is 32.2. The van der Waals surface area contributed by atoms with Crippen LogP contribution >= 0.6 is 12.2 Å². The highest BCUT2D eigenvalue weighted by molar-refractivity contribution is 7.92. The number of aliphatic hydroxyl groups is 1. The lowest BCUT2D eigenvalue weighted by Gasteiger charge is -2.58. The van der Waals surface area contributed by atoms with Crippen LogP contribution in [0, 0.1) is 40.4 Å². The van der Waals surface area contributed by atoms with Gasteiger partial charge in [-0.2, -0.15) is 0 Å². The first kappa shape index (κ1) is 26.9. The topological polar surface area (TPSA) is 62.2 Å². The highest BCUT2D eigenvalue weighted by Crippen LogP contribution is 2.67. The van der Waals surface area contributed by atoms with E-state index in [0.717, 1.165) is 72.0 Å². The summed E-state index contributed by atoms with van der Waals surface area (Å²) in [5.74, 6) is 4.07. The Morgan fingerprint density at radius 1 is 1.18 bits per heavy atom. The summed E-state index contributed by atoms with van der Waals surface area (Å²) in [7, 11) is 1.52. The average molecular weight is 496 g/mol. The molecule has 8 atom stereocenters. The van der Waals surface area contributed by atoms with Gasteiger partial charge in [0.2, 0.25) is 0 Å². The van der Waals surface area contributed by atoms with Gasteiger partial charge in [-0.15, -0.1) is 8.80 Å². The molecule has 196 valence electrons. The summed E-state index contributed by atoms with van der Waals surface area (Å²) in [6.07, 6.45) is 15.9. The zero-order chi connectivity index (χ0) is 24.7. The van der Waals surface area contributed by atoms with E-state index in [1.54, 1.807) is 5.57 Å². The maximum absolute atomic E-state index is 10.1. The van der Waals surface area contributed by atoms with E-state index in [4.69, 9.17) is 9.22 Å². The molecule has 4 rings (SSSR count). The second-order valence-corrected chi connectivity index (χ2v) is 14.1. The van der Waals surface area contributed by atoms with Crippen molar-refractivity contribution in [3.05, 3.63) is 11.6 Å². The molecule has 4 aliphatic rings. The summed E-state index contributed by atoms with van der Waals surface area (Å²) in [5, 5.41) is 19.4. The van der Waals surface area contributed by atoms with Crippen molar-refractivity contribution < 1.29 is 19.5 Å².